The number of carbonyl (C=O) groups is 1. The van der Waals surface area contributed by atoms with Gasteiger partial charge >= 0.3 is 5.97 Å². The maximum absolute atomic E-state index is 12.2. The summed E-state index contributed by atoms with van der Waals surface area (Å²) in [5.74, 6) is 0.716. The molecule has 0 spiro atoms. The summed E-state index contributed by atoms with van der Waals surface area (Å²) in [4.78, 5) is 20.7. The van der Waals surface area contributed by atoms with Crippen LogP contribution in [0.15, 0.2) is 53.3 Å². The smallest absolute Gasteiger partial charge is 0.359 e. The van der Waals surface area contributed by atoms with Gasteiger partial charge in [-0.15, -0.1) is 0 Å². The van der Waals surface area contributed by atoms with Crippen LogP contribution in [0, 0.1) is 6.92 Å². The molecule has 0 aliphatic heterocycles. The second kappa shape index (κ2) is 6.91. The van der Waals surface area contributed by atoms with Crippen LogP contribution in [-0.4, -0.2) is 32.6 Å². The number of aromatic nitrogens is 4. The summed E-state index contributed by atoms with van der Waals surface area (Å²) in [6.45, 7) is 1.82. The van der Waals surface area contributed by atoms with Crippen LogP contribution in [0.3, 0.4) is 0 Å². The van der Waals surface area contributed by atoms with E-state index in [1.54, 1.807) is 23.8 Å². The molecular weight excluding hydrogens is 348 g/mol. The average Bonchev–Trinajstić information content (AvgIpc) is 3.33. The minimum atomic E-state index is -0.558. The molecule has 0 N–H and O–H groups in total. The van der Waals surface area contributed by atoms with Crippen LogP contribution in [0.2, 0.25) is 0 Å². The molecule has 4 rings (SSSR count). The highest BCUT2D eigenvalue weighted by atomic mass is 16.6. The van der Waals surface area contributed by atoms with E-state index in [2.05, 4.69) is 15.1 Å². The maximum Gasteiger partial charge on any atom is 0.359 e. The van der Waals surface area contributed by atoms with Crippen molar-refractivity contribution in [3.8, 4) is 17.1 Å². The second-order valence-corrected chi connectivity index (χ2v) is 5.92. The number of imidazole rings is 1. The summed E-state index contributed by atoms with van der Waals surface area (Å²) in [5.41, 5.74) is 2.70. The van der Waals surface area contributed by atoms with E-state index in [0.29, 0.717) is 17.2 Å². The van der Waals surface area contributed by atoms with E-state index in [0.717, 1.165) is 11.1 Å². The van der Waals surface area contributed by atoms with Gasteiger partial charge in [-0.1, -0.05) is 17.3 Å². The first-order valence-corrected chi connectivity index (χ1v) is 8.22. The van der Waals surface area contributed by atoms with Crippen LogP contribution >= 0.6 is 0 Å². The van der Waals surface area contributed by atoms with Crippen molar-refractivity contribution >= 4 is 11.6 Å². The molecule has 27 heavy (non-hydrogen) atoms. The lowest BCUT2D eigenvalue weighted by atomic mass is 10.2. The Hall–Kier alpha value is -3.68. The molecule has 0 fully saturated rings. The molecule has 1 aromatic carbocycles. The number of rotatable bonds is 5. The molecule has 3 heterocycles. The van der Waals surface area contributed by atoms with E-state index in [-0.39, 0.29) is 18.2 Å². The lowest BCUT2D eigenvalue weighted by Gasteiger charge is -2.00. The summed E-state index contributed by atoms with van der Waals surface area (Å²) in [7, 11) is 1.58. The molecule has 0 saturated heterocycles. The van der Waals surface area contributed by atoms with Crippen molar-refractivity contribution in [3.63, 3.8) is 0 Å². The SMILES string of the molecule is COc1cccc(-c2noc(COC(=O)c3cn4ccc(C)cc4n3)n2)c1. The van der Waals surface area contributed by atoms with Gasteiger partial charge in [0.05, 0.1) is 7.11 Å². The highest BCUT2D eigenvalue weighted by Crippen LogP contribution is 2.21. The van der Waals surface area contributed by atoms with Gasteiger partial charge < -0.3 is 18.4 Å². The fraction of sp³-hybridized carbons (Fsp3) is 0.158. The van der Waals surface area contributed by atoms with E-state index in [1.807, 2.05) is 43.5 Å². The summed E-state index contributed by atoms with van der Waals surface area (Å²) in [6, 6.07) is 11.1. The van der Waals surface area contributed by atoms with Crippen LogP contribution in [0.1, 0.15) is 21.9 Å². The molecule has 0 amide bonds. The number of esters is 1. The molecule has 8 heteroatoms. The van der Waals surface area contributed by atoms with Crippen molar-refractivity contribution in [1.82, 2.24) is 19.5 Å². The first-order valence-electron chi connectivity index (χ1n) is 8.22. The van der Waals surface area contributed by atoms with Gasteiger partial charge in [0.1, 0.15) is 11.4 Å². The number of carbonyl (C=O) groups excluding carboxylic acids is 1. The maximum atomic E-state index is 12.2. The van der Waals surface area contributed by atoms with Gasteiger partial charge in [0.15, 0.2) is 12.3 Å². The number of fused-ring (bicyclic) bond motifs is 1. The lowest BCUT2D eigenvalue weighted by molar-refractivity contribution is 0.0423. The monoisotopic (exact) mass is 364 g/mol. The Labute approximate surface area is 154 Å². The molecule has 0 saturated carbocycles. The molecular formula is C19H16N4O4. The highest BCUT2D eigenvalue weighted by Gasteiger charge is 2.15. The third-order valence-corrected chi connectivity index (χ3v) is 3.95. The number of aryl methyl sites for hydroxylation is 1. The van der Waals surface area contributed by atoms with Gasteiger partial charge in [-0.25, -0.2) is 9.78 Å². The minimum absolute atomic E-state index is 0.136. The minimum Gasteiger partial charge on any atom is -0.497 e. The van der Waals surface area contributed by atoms with Crippen molar-refractivity contribution in [3.05, 3.63) is 65.9 Å². The van der Waals surface area contributed by atoms with E-state index in [1.165, 1.54) is 0 Å². The van der Waals surface area contributed by atoms with Crippen molar-refractivity contribution in [1.29, 1.82) is 0 Å². The predicted octanol–water partition coefficient (Wildman–Crippen LogP) is 3.06. The quantitative estimate of drug-likeness (QED) is 0.503. The Morgan fingerprint density at radius 2 is 2.11 bits per heavy atom. The fourth-order valence-electron chi connectivity index (χ4n) is 2.58. The van der Waals surface area contributed by atoms with E-state index < -0.39 is 5.97 Å². The number of hydrogen-bond acceptors (Lipinski definition) is 7. The number of benzene rings is 1. The number of pyridine rings is 1. The Kier molecular flexibility index (Phi) is 4.29. The zero-order valence-electron chi connectivity index (χ0n) is 14.7. The van der Waals surface area contributed by atoms with E-state index in [9.17, 15) is 4.79 Å². The van der Waals surface area contributed by atoms with Gasteiger partial charge in [-0.2, -0.15) is 4.98 Å². The molecule has 4 aromatic rings. The molecule has 8 nitrogen and oxygen atoms in total. The standard InChI is InChI=1S/C19H16N4O4/c1-12-6-7-23-10-15(20-16(23)8-12)19(24)26-11-17-21-18(22-27-17)13-4-3-5-14(9-13)25-2/h3-10H,11H2,1-2H3. The van der Waals surface area contributed by atoms with Crippen LogP contribution < -0.4 is 4.74 Å². The predicted molar refractivity (Wildman–Crippen MR) is 95.3 cm³/mol. The molecule has 0 radical (unpaired) electrons. The molecule has 0 aliphatic carbocycles. The number of nitrogens with zero attached hydrogens (tertiary/aromatic N) is 4. The summed E-state index contributed by atoms with van der Waals surface area (Å²) in [6.07, 6.45) is 3.46. The summed E-state index contributed by atoms with van der Waals surface area (Å²) >= 11 is 0. The average molecular weight is 364 g/mol. The van der Waals surface area contributed by atoms with Gasteiger partial charge in [0, 0.05) is 18.0 Å². The van der Waals surface area contributed by atoms with Gasteiger partial charge in [-0.3, -0.25) is 0 Å². The zero-order valence-corrected chi connectivity index (χ0v) is 14.7. The number of hydrogen-bond donors (Lipinski definition) is 0. The third kappa shape index (κ3) is 3.50. The molecule has 0 unspecified atom stereocenters. The summed E-state index contributed by atoms with van der Waals surface area (Å²) in [5, 5.41) is 3.90. The fourth-order valence-corrected chi connectivity index (χ4v) is 2.58. The Balaban J connectivity index is 1.45. The first-order chi connectivity index (χ1) is 13.1. The second-order valence-electron chi connectivity index (χ2n) is 5.92. The lowest BCUT2D eigenvalue weighted by Crippen LogP contribution is -2.05. The van der Waals surface area contributed by atoms with Gasteiger partial charge in [0.2, 0.25) is 5.82 Å². The molecule has 3 aromatic heterocycles. The van der Waals surface area contributed by atoms with Crippen molar-refractivity contribution in [2.75, 3.05) is 7.11 Å². The van der Waals surface area contributed by atoms with Crippen LogP contribution in [0.5, 0.6) is 5.75 Å². The van der Waals surface area contributed by atoms with Crippen LogP contribution in [0.25, 0.3) is 17.0 Å². The Bertz CT molecular complexity index is 1120. The van der Waals surface area contributed by atoms with Crippen LogP contribution in [-0.2, 0) is 11.3 Å². The zero-order chi connectivity index (χ0) is 18.8. The highest BCUT2D eigenvalue weighted by molar-refractivity contribution is 5.87. The topological polar surface area (TPSA) is 91.8 Å². The van der Waals surface area contributed by atoms with Crippen molar-refractivity contribution in [2.45, 2.75) is 13.5 Å². The van der Waals surface area contributed by atoms with E-state index >= 15 is 0 Å². The summed E-state index contributed by atoms with van der Waals surface area (Å²) < 4.78 is 17.3. The number of methoxy groups -OCH3 is 1. The van der Waals surface area contributed by atoms with E-state index in [4.69, 9.17) is 14.0 Å². The van der Waals surface area contributed by atoms with Gasteiger partial charge in [-0.05, 0) is 36.8 Å². The number of ether oxygens (including phenoxy) is 2. The molecule has 0 aliphatic rings. The third-order valence-electron chi connectivity index (χ3n) is 3.95. The Morgan fingerprint density at radius 1 is 1.22 bits per heavy atom. The Morgan fingerprint density at radius 3 is 2.96 bits per heavy atom. The van der Waals surface area contributed by atoms with Crippen molar-refractivity contribution < 1.29 is 18.8 Å². The molecule has 136 valence electrons. The molecule has 0 bridgehead atoms. The van der Waals surface area contributed by atoms with Crippen LogP contribution in [0.4, 0.5) is 0 Å². The van der Waals surface area contributed by atoms with Crippen molar-refractivity contribution in [2.24, 2.45) is 0 Å². The van der Waals surface area contributed by atoms with Gasteiger partial charge in [0.25, 0.3) is 5.89 Å². The normalized spacial score (nSPS) is 10.9. The largest absolute Gasteiger partial charge is 0.497 e. The first kappa shape index (κ1) is 16.8. The molecule has 0 atom stereocenters.